The summed E-state index contributed by atoms with van der Waals surface area (Å²) in [6.07, 6.45) is 1.26. The minimum absolute atomic E-state index is 0.0140. The van der Waals surface area contributed by atoms with Gasteiger partial charge in [-0.25, -0.2) is 0 Å². The second-order valence-electron chi connectivity index (χ2n) is 5.10. The quantitative estimate of drug-likeness (QED) is 0.766. The fraction of sp³-hybridized carbons (Fsp3) is 0.769. The highest BCUT2D eigenvalue weighted by Gasteiger charge is 2.31. The van der Waals surface area contributed by atoms with Gasteiger partial charge in [0.1, 0.15) is 6.10 Å². The maximum absolute atomic E-state index is 12.1. The third-order valence-corrected chi connectivity index (χ3v) is 3.70. The average molecular weight is 284 g/mol. The van der Waals surface area contributed by atoms with Gasteiger partial charge in [-0.15, -0.1) is 0 Å². The molecular weight excluding hydrogens is 264 g/mol. The highest BCUT2D eigenvalue weighted by molar-refractivity contribution is 5.83. The molecule has 20 heavy (non-hydrogen) atoms. The molecule has 2 fully saturated rings. The zero-order chi connectivity index (χ0) is 14.5. The van der Waals surface area contributed by atoms with Crippen molar-refractivity contribution in [2.75, 3.05) is 32.8 Å². The van der Waals surface area contributed by atoms with Gasteiger partial charge in [-0.3, -0.25) is 14.4 Å². The second kappa shape index (κ2) is 6.69. The SMILES string of the molecule is O=C(O)CCC(=O)N1CCN(C(=O)[C@@H]2CCCO2)CC1. The van der Waals surface area contributed by atoms with Gasteiger partial charge in [0.15, 0.2) is 0 Å². The van der Waals surface area contributed by atoms with Crippen LogP contribution in [-0.4, -0.2) is 71.6 Å². The van der Waals surface area contributed by atoms with Gasteiger partial charge in [0.2, 0.25) is 5.91 Å². The van der Waals surface area contributed by atoms with Crippen molar-refractivity contribution in [1.29, 1.82) is 0 Å². The molecule has 0 unspecified atom stereocenters. The van der Waals surface area contributed by atoms with Gasteiger partial charge < -0.3 is 19.6 Å². The van der Waals surface area contributed by atoms with Crippen molar-refractivity contribution >= 4 is 17.8 Å². The molecule has 7 nitrogen and oxygen atoms in total. The molecule has 7 heteroatoms. The number of hydrogen-bond donors (Lipinski definition) is 1. The normalized spacial score (nSPS) is 22.9. The van der Waals surface area contributed by atoms with E-state index in [1.165, 1.54) is 0 Å². The monoisotopic (exact) mass is 284 g/mol. The highest BCUT2D eigenvalue weighted by Crippen LogP contribution is 2.16. The number of nitrogens with zero attached hydrogens (tertiary/aromatic N) is 2. The zero-order valence-corrected chi connectivity index (χ0v) is 11.4. The maximum Gasteiger partial charge on any atom is 0.303 e. The Morgan fingerprint density at radius 3 is 2.25 bits per heavy atom. The average Bonchev–Trinajstić information content (AvgIpc) is 2.98. The number of carbonyl (C=O) groups excluding carboxylic acids is 2. The smallest absolute Gasteiger partial charge is 0.303 e. The summed E-state index contributed by atoms with van der Waals surface area (Å²) < 4.78 is 5.37. The van der Waals surface area contributed by atoms with E-state index in [1.54, 1.807) is 9.80 Å². The van der Waals surface area contributed by atoms with Crippen LogP contribution in [0, 0.1) is 0 Å². The van der Waals surface area contributed by atoms with E-state index in [0.717, 1.165) is 12.8 Å². The first-order chi connectivity index (χ1) is 9.58. The van der Waals surface area contributed by atoms with E-state index in [9.17, 15) is 14.4 Å². The topological polar surface area (TPSA) is 87.2 Å². The standard InChI is InChI=1S/C13H20N2O5/c16-11(3-4-12(17)18)14-5-7-15(8-6-14)13(19)10-2-1-9-20-10/h10H,1-9H2,(H,17,18)/t10-/m0/s1. The van der Waals surface area contributed by atoms with Crippen molar-refractivity contribution in [2.24, 2.45) is 0 Å². The van der Waals surface area contributed by atoms with Crippen LogP contribution in [0.4, 0.5) is 0 Å². The van der Waals surface area contributed by atoms with Crippen molar-refractivity contribution in [3.05, 3.63) is 0 Å². The number of carboxylic acid groups (broad SMARTS) is 1. The minimum Gasteiger partial charge on any atom is -0.481 e. The lowest BCUT2D eigenvalue weighted by atomic mass is 10.2. The van der Waals surface area contributed by atoms with Gasteiger partial charge in [0, 0.05) is 39.2 Å². The van der Waals surface area contributed by atoms with E-state index in [-0.39, 0.29) is 30.8 Å². The Balaban J connectivity index is 1.75. The Morgan fingerprint density at radius 1 is 1.05 bits per heavy atom. The molecule has 2 amide bonds. The van der Waals surface area contributed by atoms with Gasteiger partial charge in [0.25, 0.3) is 5.91 Å². The molecule has 0 aliphatic carbocycles. The summed E-state index contributed by atoms with van der Waals surface area (Å²) in [5.41, 5.74) is 0. The fourth-order valence-corrected chi connectivity index (χ4v) is 2.52. The van der Waals surface area contributed by atoms with Gasteiger partial charge in [-0.1, -0.05) is 0 Å². The van der Waals surface area contributed by atoms with Crippen LogP contribution >= 0.6 is 0 Å². The molecule has 2 aliphatic heterocycles. The molecule has 0 saturated carbocycles. The van der Waals surface area contributed by atoms with Gasteiger partial charge >= 0.3 is 5.97 Å². The van der Waals surface area contributed by atoms with Crippen molar-refractivity contribution in [3.8, 4) is 0 Å². The summed E-state index contributed by atoms with van der Waals surface area (Å²) in [4.78, 5) is 37.7. The molecule has 2 rings (SSSR count). The molecule has 1 N–H and O–H groups in total. The van der Waals surface area contributed by atoms with Crippen LogP contribution < -0.4 is 0 Å². The summed E-state index contributed by atoms with van der Waals surface area (Å²) in [6.45, 7) is 2.58. The highest BCUT2D eigenvalue weighted by atomic mass is 16.5. The van der Waals surface area contributed by atoms with E-state index >= 15 is 0 Å². The molecular formula is C13H20N2O5. The zero-order valence-electron chi connectivity index (χ0n) is 11.4. The van der Waals surface area contributed by atoms with E-state index in [2.05, 4.69) is 0 Å². The minimum atomic E-state index is -0.967. The van der Waals surface area contributed by atoms with Crippen molar-refractivity contribution in [3.63, 3.8) is 0 Å². The second-order valence-corrected chi connectivity index (χ2v) is 5.10. The summed E-state index contributed by atoms with van der Waals surface area (Å²) in [5.74, 6) is -1.11. The fourth-order valence-electron chi connectivity index (χ4n) is 2.52. The number of ether oxygens (including phenoxy) is 1. The molecule has 0 radical (unpaired) electrons. The van der Waals surface area contributed by atoms with Gasteiger partial charge in [-0.2, -0.15) is 0 Å². The number of amides is 2. The van der Waals surface area contributed by atoms with Crippen LogP contribution in [0.3, 0.4) is 0 Å². The molecule has 0 bridgehead atoms. The number of hydrogen-bond acceptors (Lipinski definition) is 4. The number of rotatable bonds is 4. The molecule has 0 aromatic rings. The Hall–Kier alpha value is -1.63. The number of carboxylic acids is 1. The molecule has 0 aromatic carbocycles. The van der Waals surface area contributed by atoms with Crippen molar-refractivity contribution in [2.45, 2.75) is 31.8 Å². The molecule has 0 spiro atoms. The van der Waals surface area contributed by atoms with Gasteiger partial charge in [0.05, 0.1) is 6.42 Å². The van der Waals surface area contributed by atoms with E-state index in [4.69, 9.17) is 9.84 Å². The lowest BCUT2D eigenvalue weighted by Gasteiger charge is -2.35. The van der Waals surface area contributed by atoms with E-state index < -0.39 is 5.97 Å². The third kappa shape index (κ3) is 3.69. The molecule has 2 aliphatic rings. The Kier molecular flexibility index (Phi) is 4.94. The largest absolute Gasteiger partial charge is 0.481 e. The first-order valence-electron chi connectivity index (χ1n) is 6.98. The number of carbonyl (C=O) groups is 3. The summed E-state index contributed by atoms with van der Waals surface area (Å²) in [5, 5.41) is 8.56. The number of piperazine rings is 1. The third-order valence-electron chi connectivity index (χ3n) is 3.70. The molecule has 112 valence electrons. The summed E-state index contributed by atoms with van der Waals surface area (Å²) in [7, 11) is 0. The first kappa shape index (κ1) is 14.8. The van der Waals surface area contributed by atoms with Crippen molar-refractivity contribution < 1.29 is 24.2 Å². The van der Waals surface area contributed by atoms with Crippen LogP contribution in [0.25, 0.3) is 0 Å². The molecule has 0 aromatic heterocycles. The lowest BCUT2D eigenvalue weighted by Crippen LogP contribution is -2.52. The Bertz CT molecular complexity index is 384. The molecule has 2 heterocycles. The Morgan fingerprint density at radius 2 is 1.70 bits per heavy atom. The van der Waals surface area contributed by atoms with Crippen LogP contribution in [0.15, 0.2) is 0 Å². The summed E-state index contributed by atoms with van der Waals surface area (Å²) >= 11 is 0. The van der Waals surface area contributed by atoms with Crippen molar-refractivity contribution in [1.82, 2.24) is 9.80 Å². The van der Waals surface area contributed by atoms with E-state index in [0.29, 0.717) is 32.8 Å². The van der Waals surface area contributed by atoms with Crippen LogP contribution in [0.2, 0.25) is 0 Å². The lowest BCUT2D eigenvalue weighted by molar-refractivity contribution is -0.146. The first-order valence-corrected chi connectivity index (χ1v) is 6.98. The predicted molar refractivity (Wildman–Crippen MR) is 69.0 cm³/mol. The van der Waals surface area contributed by atoms with Crippen LogP contribution in [-0.2, 0) is 19.1 Å². The van der Waals surface area contributed by atoms with Gasteiger partial charge in [-0.05, 0) is 12.8 Å². The van der Waals surface area contributed by atoms with Crippen LogP contribution in [0.1, 0.15) is 25.7 Å². The van der Waals surface area contributed by atoms with E-state index in [1.807, 2.05) is 0 Å². The molecule has 1 atom stereocenters. The number of aliphatic carboxylic acids is 1. The Labute approximate surface area is 117 Å². The predicted octanol–water partition coefficient (Wildman–Crippen LogP) is -0.299. The maximum atomic E-state index is 12.1. The molecule has 2 saturated heterocycles. The summed E-state index contributed by atoms with van der Waals surface area (Å²) in [6, 6.07) is 0. The van der Waals surface area contributed by atoms with Crippen LogP contribution in [0.5, 0.6) is 0 Å².